The fraction of sp³-hybridized carbons (Fsp3) is 0.417. The quantitative estimate of drug-likeness (QED) is 0.455. The number of halogens is 2. The van der Waals surface area contributed by atoms with Crippen molar-refractivity contribution in [3.8, 4) is 0 Å². The molecule has 1 aliphatic rings. The van der Waals surface area contributed by atoms with Gasteiger partial charge in [0.05, 0.1) is 16.5 Å². The molecule has 12 heteroatoms. The molecule has 0 saturated carbocycles. The molecule has 0 bridgehead atoms. The van der Waals surface area contributed by atoms with Crippen molar-refractivity contribution in [1.82, 2.24) is 4.72 Å². The van der Waals surface area contributed by atoms with Gasteiger partial charge in [0.2, 0.25) is 10.0 Å². The van der Waals surface area contributed by atoms with Gasteiger partial charge in [-0.2, -0.15) is 0 Å². The fourth-order valence-corrected chi connectivity index (χ4v) is 7.42. The molecule has 36 heavy (non-hydrogen) atoms. The number of rotatable bonds is 6. The van der Waals surface area contributed by atoms with Crippen molar-refractivity contribution in [2.75, 3.05) is 18.5 Å². The molecule has 196 valence electrons. The molecule has 3 atom stereocenters. The van der Waals surface area contributed by atoms with E-state index in [0.29, 0.717) is 14.6 Å². The lowest BCUT2D eigenvalue weighted by molar-refractivity contribution is -0.930. The van der Waals surface area contributed by atoms with Gasteiger partial charge >= 0.3 is 6.09 Å². The highest BCUT2D eigenvalue weighted by molar-refractivity contribution is 9.11. The van der Waals surface area contributed by atoms with Crippen LogP contribution in [0.2, 0.25) is 0 Å². The van der Waals surface area contributed by atoms with Crippen molar-refractivity contribution in [3.63, 3.8) is 0 Å². The Hall–Kier alpha value is -1.99. The Kier molecular flexibility index (Phi) is 8.56. The zero-order valence-corrected chi connectivity index (χ0v) is 24.4. The minimum Gasteiger partial charge on any atom is -0.498 e. The largest absolute Gasteiger partial charge is 0.498 e. The predicted octanol–water partition coefficient (Wildman–Crippen LogP) is 4.15. The average Bonchev–Trinajstić information content (AvgIpc) is 3.14. The van der Waals surface area contributed by atoms with E-state index in [2.05, 4.69) is 41.9 Å². The number of carbonyl (C=O) groups excluding carboxylic acids is 2. The highest BCUT2D eigenvalue weighted by atomic mass is 79.9. The summed E-state index contributed by atoms with van der Waals surface area (Å²) in [4.78, 5) is 25.1. The summed E-state index contributed by atoms with van der Waals surface area (Å²) in [6.45, 7) is 6.76. The molecular formula is C24H29Br2N3O6S. The lowest BCUT2D eigenvalue weighted by Crippen LogP contribution is -2.71. The molecule has 1 heterocycles. The van der Waals surface area contributed by atoms with Crippen LogP contribution in [-0.4, -0.2) is 55.9 Å². The highest BCUT2D eigenvalue weighted by Gasteiger charge is 2.56. The Morgan fingerprint density at radius 1 is 1.17 bits per heavy atom. The first kappa shape index (κ1) is 28.6. The maximum atomic E-state index is 13.2. The van der Waals surface area contributed by atoms with Crippen molar-refractivity contribution in [3.05, 3.63) is 57.0 Å². The SMILES string of the molecule is Cc1ccccc1NC(=O)OC[C@H]1C[C@@H](NS(=O)(=O)c2cc(Br)ccc2Br)C[N+]1(C(=O)[O-])C(C)(C)C. The first-order valence-electron chi connectivity index (χ1n) is 11.2. The van der Waals surface area contributed by atoms with Crippen molar-refractivity contribution in [2.24, 2.45) is 0 Å². The monoisotopic (exact) mass is 645 g/mol. The summed E-state index contributed by atoms with van der Waals surface area (Å²) in [6, 6.07) is 10.5. The number of hydrogen-bond donors (Lipinski definition) is 2. The van der Waals surface area contributed by atoms with E-state index in [1.807, 2.05) is 19.1 Å². The van der Waals surface area contributed by atoms with Crippen LogP contribution in [0.1, 0.15) is 32.8 Å². The van der Waals surface area contributed by atoms with Crippen LogP contribution >= 0.6 is 31.9 Å². The standard InChI is InChI=1S/C24H29Br2N3O6S/c1-15-7-5-6-8-20(15)27-22(30)35-14-18-12-17(13-29(18,23(31)32)24(2,3)4)28-36(33,34)21-11-16(25)9-10-19(21)26/h5-11,17-18,28H,12-14H2,1-4H3,(H-,27,30,31,32)/t17-,18-,29?/m1/s1. The van der Waals surface area contributed by atoms with Crippen molar-refractivity contribution in [2.45, 2.75) is 56.6 Å². The Balaban J connectivity index is 1.83. The number of carbonyl (C=O) groups is 2. The number of amides is 2. The minimum atomic E-state index is -3.99. The maximum Gasteiger partial charge on any atom is 0.411 e. The van der Waals surface area contributed by atoms with E-state index >= 15 is 0 Å². The number of nitrogens with one attached hydrogen (secondary N) is 2. The van der Waals surface area contributed by atoms with Crippen molar-refractivity contribution < 1.29 is 32.3 Å². The second-order valence-electron chi connectivity index (χ2n) is 9.81. The second-order valence-corrected chi connectivity index (χ2v) is 13.3. The van der Waals surface area contributed by atoms with E-state index in [9.17, 15) is 23.1 Å². The summed E-state index contributed by atoms with van der Waals surface area (Å²) in [5.74, 6) is 0. The second kappa shape index (κ2) is 10.8. The number of hydrogen-bond acceptors (Lipinski definition) is 6. The van der Waals surface area contributed by atoms with Crippen molar-refractivity contribution >= 4 is 59.8 Å². The summed E-state index contributed by atoms with van der Waals surface area (Å²) in [6.07, 6.45) is -1.95. The number of ether oxygens (including phenoxy) is 1. The topological polar surface area (TPSA) is 125 Å². The fourth-order valence-electron chi connectivity index (χ4n) is 4.68. The summed E-state index contributed by atoms with van der Waals surface area (Å²) >= 11 is 6.55. The smallest absolute Gasteiger partial charge is 0.411 e. The van der Waals surface area contributed by atoms with E-state index in [4.69, 9.17) is 4.74 Å². The highest BCUT2D eigenvalue weighted by Crippen LogP contribution is 2.38. The molecule has 2 aromatic carbocycles. The van der Waals surface area contributed by atoms with Crippen LogP contribution in [0.15, 0.2) is 56.3 Å². The number of benzene rings is 2. The summed E-state index contributed by atoms with van der Waals surface area (Å²) in [5, 5.41) is 15.2. The summed E-state index contributed by atoms with van der Waals surface area (Å²) in [5.41, 5.74) is 0.560. The number of quaternary nitrogens is 1. The molecule has 2 amide bonds. The van der Waals surface area contributed by atoms with Gasteiger partial charge < -0.3 is 14.6 Å². The third-order valence-electron chi connectivity index (χ3n) is 6.50. The molecular weight excluding hydrogens is 618 g/mol. The lowest BCUT2D eigenvalue weighted by atomic mass is 10.00. The number of aryl methyl sites for hydroxylation is 1. The van der Waals surface area contributed by atoms with Crippen LogP contribution in [0.5, 0.6) is 0 Å². The summed E-state index contributed by atoms with van der Waals surface area (Å²) < 4.78 is 34.8. The van der Waals surface area contributed by atoms with Crippen LogP contribution in [-0.2, 0) is 14.8 Å². The molecule has 0 aliphatic carbocycles. The van der Waals surface area contributed by atoms with Gasteiger partial charge in [0.1, 0.15) is 19.2 Å². The molecule has 1 aliphatic heterocycles. The first-order valence-corrected chi connectivity index (χ1v) is 14.3. The van der Waals surface area contributed by atoms with E-state index < -0.39 is 44.3 Å². The number of nitrogens with zero attached hydrogens (tertiary/aromatic N) is 1. The number of likely N-dealkylation sites (tertiary alicyclic amines) is 1. The van der Waals surface area contributed by atoms with E-state index in [1.165, 1.54) is 6.07 Å². The van der Waals surface area contributed by atoms with E-state index in [0.717, 1.165) is 5.56 Å². The number of para-hydroxylation sites is 1. The third kappa shape index (κ3) is 5.94. The molecule has 9 nitrogen and oxygen atoms in total. The molecule has 1 fully saturated rings. The van der Waals surface area contributed by atoms with Gasteiger partial charge in [-0.25, -0.2) is 17.9 Å². The number of sulfonamides is 1. The maximum absolute atomic E-state index is 13.2. The van der Waals surface area contributed by atoms with Crippen LogP contribution < -0.4 is 15.1 Å². The van der Waals surface area contributed by atoms with Gasteiger partial charge in [-0.1, -0.05) is 34.1 Å². The Bertz CT molecular complexity index is 1260. The Morgan fingerprint density at radius 2 is 1.83 bits per heavy atom. The van der Waals surface area contributed by atoms with Gasteiger partial charge in [-0.05, 0) is 73.5 Å². The third-order valence-corrected chi connectivity index (χ3v) is 9.51. The van der Waals surface area contributed by atoms with Crippen LogP contribution in [0.3, 0.4) is 0 Å². The van der Waals surface area contributed by atoms with Gasteiger partial charge in [0, 0.05) is 21.1 Å². The van der Waals surface area contributed by atoms with Gasteiger partial charge in [-0.15, -0.1) is 0 Å². The molecule has 2 aromatic rings. The lowest BCUT2D eigenvalue weighted by Gasteiger charge is -2.48. The van der Waals surface area contributed by atoms with Crippen LogP contribution in [0.4, 0.5) is 15.3 Å². The molecule has 1 saturated heterocycles. The van der Waals surface area contributed by atoms with Gasteiger partial charge in [0.15, 0.2) is 0 Å². The zero-order chi connectivity index (χ0) is 26.9. The average molecular weight is 647 g/mol. The molecule has 2 N–H and O–H groups in total. The minimum absolute atomic E-state index is 0.0245. The first-order chi connectivity index (χ1) is 16.7. The molecule has 1 unspecified atom stereocenters. The molecule has 0 spiro atoms. The van der Waals surface area contributed by atoms with E-state index in [1.54, 1.807) is 45.0 Å². The van der Waals surface area contributed by atoms with Crippen LogP contribution in [0.25, 0.3) is 0 Å². The van der Waals surface area contributed by atoms with E-state index in [-0.39, 0.29) is 24.5 Å². The number of anilines is 1. The van der Waals surface area contributed by atoms with Crippen LogP contribution in [0, 0.1) is 6.92 Å². The Labute approximate surface area is 228 Å². The summed E-state index contributed by atoms with van der Waals surface area (Å²) in [7, 11) is -3.99. The molecule has 0 radical (unpaired) electrons. The Morgan fingerprint density at radius 3 is 2.44 bits per heavy atom. The normalized spacial score (nSPS) is 22.3. The van der Waals surface area contributed by atoms with Gasteiger partial charge in [-0.3, -0.25) is 9.80 Å². The zero-order valence-electron chi connectivity index (χ0n) is 20.4. The number of carboxylic acid groups (broad SMARTS) is 1. The molecule has 3 rings (SSSR count). The molecule has 0 aromatic heterocycles. The van der Waals surface area contributed by atoms with Gasteiger partial charge in [0.25, 0.3) is 6.09 Å². The van der Waals surface area contributed by atoms with Crippen molar-refractivity contribution in [1.29, 1.82) is 0 Å². The predicted molar refractivity (Wildman–Crippen MR) is 141 cm³/mol.